The van der Waals surface area contributed by atoms with Crippen molar-refractivity contribution in [1.82, 2.24) is 25.5 Å². The summed E-state index contributed by atoms with van der Waals surface area (Å²) < 4.78 is 0. The maximum absolute atomic E-state index is 12.1. The molecule has 8 nitrogen and oxygen atoms in total. The first-order valence-corrected chi connectivity index (χ1v) is 9.32. The van der Waals surface area contributed by atoms with Crippen LogP contribution in [-0.4, -0.2) is 39.2 Å². The summed E-state index contributed by atoms with van der Waals surface area (Å²) in [4.78, 5) is 21.3. The van der Waals surface area contributed by atoms with Crippen LogP contribution in [0, 0.1) is 20.8 Å². The first kappa shape index (κ1) is 18.7. The molecule has 27 heavy (non-hydrogen) atoms. The summed E-state index contributed by atoms with van der Waals surface area (Å²) in [5.41, 5.74) is 1.86. The van der Waals surface area contributed by atoms with E-state index in [0.29, 0.717) is 35.4 Å². The number of nitrogens with one attached hydrogen (secondary N) is 3. The van der Waals surface area contributed by atoms with E-state index in [1.54, 1.807) is 6.20 Å². The molecule has 0 aromatic carbocycles. The van der Waals surface area contributed by atoms with Crippen molar-refractivity contribution in [3.8, 4) is 0 Å². The third-order valence-corrected chi connectivity index (χ3v) is 4.73. The first-order chi connectivity index (χ1) is 13.0. The molecular formula is C18H21N7OS. The quantitative estimate of drug-likeness (QED) is 0.539. The lowest BCUT2D eigenvalue weighted by Crippen LogP contribution is -2.28. The second-order valence-electron chi connectivity index (χ2n) is 5.98. The number of aromatic nitrogens is 4. The highest BCUT2D eigenvalue weighted by molar-refractivity contribution is 7.13. The summed E-state index contributed by atoms with van der Waals surface area (Å²) >= 11 is 1.40. The van der Waals surface area contributed by atoms with E-state index in [1.165, 1.54) is 11.3 Å². The second kappa shape index (κ2) is 8.54. The predicted octanol–water partition coefficient (Wildman–Crippen LogP) is 2.84. The van der Waals surface area contributed by atoms with Gasteiger partial charge in [0.1, 0.15) is 16.5 Å². The van der Waals surface area contributed by atoms with Crippen molar-refractivity contribution in [3.05, 3.63) is 51.6 Å². The summed E-state index contributed by atoms with van der Waals surface area (Å²) in [6.07, 6.45) is 1.79. The monoisotopic (exact) mass is 383 g/mol. The number of hydrogen-bond acceptors (Lipinski definition) is 8. The molecule has 3 aromatic rings. The largest absolute Gasteiger partial charge is 0.367 e. The molecule has 0 radical (unpaired) electrons. The van der Waals surface area contributed by atoms with Gasteiger partial charge in [0.25, 0.3) is 5.91 Å². The van der Waals surface area contributed by atoms with E-state index >= 15 is 0 Å². The summed E-state index contributed by atoms with van der Waals surface area (Å²) in [5, 5.41) is 18.2. The van der Waals surface area contributed by atoms with Crippen LogP contribution < -0.4 is 16.0 Å². The zero-order valence-electron chi connectivity index (χ0n) is 15.4. The number of anilines is 3. The van der Waals surface area contributed by atoms with Crippen molar-refractivity contribution in [1.29, 1.82) is 0 Å². The Morgan fingerprint density at radius 1 is 1.00 bits per heavy atom. The van der Waals surface area contributed by atoms with Crippen LogP contribution in [0.15, 0.2) is 30.5 Å². The van der Waals surface area contributed by atoms with E-state index in [2.05, 4.69) is 36.1 Å². The number of nitrogens with zero attached hydrogens (tertiary/aromatic N) is 4. The Hall–Kier alpha value is -3.07. The number of carbonyl (C=O) groups is 1. The summed E-state index contributed by atoms with van der Waals surface area (Å²) in [6.45, 7) is 6.74. The van der Waals surface area contributed by atoms with Crippen LogP contribution in [0.3, 0.4) is 0 Å². The lowest BCUT2D eigenvalue weighted by atomic mass is 10.3. The van der Waals surface area contributed by atoms with E-state index in [4.69, 9.17) is 0 Å². The fourth-order valence-corrected chi connectivity index (χ4v) is 3.19. The zero-order valence-corrected chi connectivity index (χ0v) is 16.2. The Balaban J connectivity index is 1.44. The number of thiazole rings is 1. The molecule has 140 valence electrons. The van der Waals surface area contributed by atoms with Gasteiger partial charge in [-0.25, -0.2) is 9.97 Å². The highest BCUT2D eigenvalue weighted by atomic mass is 32.1. The van der Waals surface area contributed by atoms with Crippen LogP contribution in [0.5, 0.6) is 0 Å². The van der Waals surface area contributed by atoms with E-state index < -0.39 is 0 Å². The SMILES string of the molecule is Cc1ccc(Nc2ccc(NCCNC(=O)c3sc(C)nc3C)nn2)nc1. The summed E-state index contributed by atoms with van der Waals surface area (Å²) in [5.74, 6) is 1.86. The third kappa shape index (κ3) is 5.20. The Kier molecular flexibility index (Phi) is 5.92. The van der Waals surface area contributed by atoms with Crippen molar-refractivity contribution < 1.29 is 4.79 Å². The lowest BCUT2D eigenvalue weighted by Gasteiger charge is -2.08. The molecule has 0 saturated heterocycles. The number of pyridine rings is 1. The molecule has 0 spiro atoms. The number of carbonyl (C=O) groups excluding carboxylic acids is 1. The molecule has 0 saturated carbocycles. The standard InChI is InChI=1S/C18H21N7OS/c1-11-4-5-14(21-10-11)23-16-7-6-15(24-25-16)19-8-9-20-18(26)17-12(2)22-13(3)27-17/h4-7,10H,8-9H2,1-3H3,(H,19,24)(H,20,26)(H,21,23,25). The van der Waals surface area contributed by atoms with Gasteiger partial charge in [-0.2, -0.15) is 0 Å². The van der Waals surface area contributed by atoms with Crippen LogP contribution in [0.2, 0.25) is 0 Å². The van der Waals surface area contributed by atoms with Gasteiger partial charge in [-0.3, -0.25) is 4.79 Å². The fraction of sp³-hybridized carbons (Fsp3) is 0.278. The molecule has 0 aliphatic rings. The van der Waals surface area contributed by atoms with Crippen LogP contribution in [0.25, 0.3) is 0 Å². The Labute approximate surface area is 161 Å². The maximum Gasteiger partial charge on any atom is 0.263 e. The van der Waals surface area contributed by atoms with Crippen molar-refractivity contribution >= 4 is 34.7 Å². The van der Waals surface area contributed by atoms with Crippen molar-refractivity contribution in [3.63, 3.8) is 0 Å². The molecule has 3 rings (SSSR count). The van der Waals surface area contributed by atoms with Crippen molar-refractivity contribution in [2.24, 2.45) is 0 Å². The third-order valence-electron chi connectivity index (χ3n) is 3.66. The summed E-state index contributed by atoms with van der Waals surface area (Å²) in [6, 6.07) is 7.50. The van der Waals surface area contributed by atoms with Gasteiger partial charge < -0.3 is 16.0 Å². The van der Waals surface area contributed by atoms with Gasteiger partial charge in [-0.15, -0.1) is 21.5 Å². The zero-order chi connectivity index (χ0) is 19.2. The second-order valence-corrected chi connectivity index (χ2v) is 7.18. The first-order valence-electron chi connectivity index (χ1n) is 8.51. The number of hydrogen-bond donors (Lipinski definition) is 3. The van der Waals surface area contributed by atoms with Gasteiger partial charge >= 0.3 is 0 Å². The average molecular weight is 383 g/mol. The van der Waals surface area contributed by atoms with Crippen LogP contribution in [-0.2, 0) is 0 Å². The number of rotatable bonds is 7. The molecule has 1 amide bonds. The highest BCUT2D eigenvalue weighted by Gasteiger charge is 2.12. The lowest BCUT2D eigenvalue weighted by molar-refractivity contribution is 0.0958. The molecule has 0 bridgehead atoms. The molecule has 0 unspecified atom stereocenters. The molecule has 0 aliphatic heterocycles. The van der Waals surface area contributed by atoms with Crippen molar-refractivity contribution in [2.75, 3.05) is 23.7 Å². The molecule has 0 atom stereocenters. The fourth-order valence-electron chi connectivity index (χ4n) is 2.36. The molecule has 3 N–H and O–H groups in total. The van der Waals surface area contributed by atoms with E-state index in [1.807, 2.05) is 45.0 Å². The number of aryl methyl sites for hydroxylation is 3. The minimum atomic E-state index is -0.101. The van der Waals surface area contributed by atoms with E-state index in [-0.39, 0.29) is 5.91 Å². The van der Waals surface area contributed by atoms with Gasteiger partial charge in [-0.1, -0.05) is 6.07 Å². The number of amides is 1. The Morgan fingerprint density at radius 3 is 2.37 bits per heavy atom. The molecule has 3 heterocycles. The van der Waals surface area contributed by atoms with Gasteiger partial charge in [0, 0.05) is 19.3 Å². The van der Waals surface area contributed by atoms with Crippen LogP contribution in [0.1, 0.15) is 25.9 Å². The topological polar surface area (TPSA) is 105 Å². The summed E-state index contributed by atoms with van der Waals surface area (Å²) in [7, 11) is 0. The van der Waals surface area contributed by atoms with Gasteiger partial charge in [-0.05, 0) is 44.5 Å². The molecule has 9 heteroatoms. The average Bonchev–Trinajstić information content (AvgIpc) is 3.00. The Bertz CT molecular complexity index is 906. The van der Waals surface area contributed by atoms with E-state index in [9.17, 15) is 4.79 Å². The minimum absolute atomic E-state index is 0.101. The van der Waals surface area contributed by atoms with Gasteiger partial charge in [0.2, 0.25) is 0 Å². The molecule has 0 aliphatic carbocycles. The predicted molar refractivity (Wildman–Crippen MR) is 107 cm³/mol. The molecular weight excluding hydrogens is 362 g/mol. The van der Waals surface area contributed by atoms with Gasteiger partial charge in [0.05, 0.1) is 10.7 Å². The van der Waals surface area contributed by atoms with Gasteiger partial charge in [0.15, 0.2) is 5.82 Å². The van der Waals surface area contributed by atoms with E-state index in [0.717, 1.165) is 16.3 Å². The van der Waals surface area contributed by atoms with Crippen LogP contribution in [0.4, 0.5) is 17.5 Å². The highest BCUT2D eigenvalue weighted by Crippen LogP contribution is 2.16. The Morgan fingerprint density at radius 2 is 1.74 bits per heavy atom. The molecule has 3 aromatic heterocycles. The molecule has 0 fully saturated rings. The normalized spacial score (nSPS) is 10.5. The van der Waals surface area contributed by atoms with Crippen molar-refractivity contribution in [2.45, 2.75) is 20.8 Å². The van der Waals surface area contributed by atoms with Crippen LogP contribution >= 0.6 is 11.3 Å². The maximum atomic E-state index is 12.1. The smallest absolute Gasteiger partial charge is 0.263 e. The minimum Gasteiger partial charge on any atom is -0.367 e.